The zero-order valence-electron chi connectivity index (χ0n) is 18.5. The van der Waals surface area contributed by atoms with Crippen molar-refractivity contribution < 1.29 is 22.3 Å². The van der Waals surface area contributed by atoms with Crippen molar-refractivity contribution in [2.45, 2.75) is 37.5 Å². The van der Waals surface area contributed by atoms with Crippen LogP contribution in [0.3, 0.4) is 0 Å². The molecule has 1 aliphatic rings. The highest BCUT2D eigenvalue weighted by Crippen LogP contribution is 2.34. The van der Waals surface area contributed by atoms with Crippen LogP contribution in [0.15, 0.2) is 47.4 Å². The van der Waals surface area contributed by atoms with Gasteiger partial charge in [-0.2, -0.15) is 0 Å². The van der Waals surface area contributed by atoms with Gasteiger partial charge in [0.25, 0.3) is 10.0 Å². The van der Waals surface area contributed by atoms with Crippen LogP contribution in [0.25, 0.3) is 10.9 Å². The van der Waals surface area contributed by atoms with Crippen molar-refractivity contribution in [1.29, 1.82) is 0 Å². The summed E-state index contributed by atoms with van der Waals surface area (Å²) in [6.45, 7) is 5.35. The normalized spacial score (nSPS) is 15.9. The van der Waals surface area contributed by atoms with Gasteiger partial charge in [-0.05, 0) is 88.6 Å². The number of rotatable bonds is 5. The molecule has 0 spiro atoms. The summed E-state index contributed by atoms with van der Waals surface area (Å²) in [6, 6.07) is 10.7. The number of carbonyl (C=O) groups is 1. The van der Waals surface area contributed by atoms with Crippen molar-refractivity contribution >= 4 is 26.9 Å². The minimum atomic E-state index is -4.15. The molecular formula is C24H27FN2O4S. The molecule has 8 heteroatoms. The first-order chi connectivity index (χ1) is 15.2. The molecule has 4 rings (SSSR count). The SMILES string of the molecule is CCOC(=O)c1cc2cc(C3CCN(C)CC3)c(F)cc2n1S(=O)(=O)c1ccc(C)cc1. The van der Waals surface area contributed by atoms with Gasteiger partial charge < -0.3 is 9.64 Å². The van der Waals surface area contributed by atoms with Gasteiger partial charge in [0, 0.05) is 5.39 Å². The number of piperidine rings is 1. The van der Waals surface area contributed by atoms with Crippen molar-refractivity contribution in [2.75, 3.05) is 26.7 Å². The van der Waals surface area contributed by atoms with E-state index in [1.807, 2.05) is 14.0 Å². The number of ether oxygens (including phenoxy) is 1. The Morgan fingerprint density at radius 2 is 1.78 bits per heavy atom. The molecule has 2 heterocycles. The molecule has 0 unspecified atom stereocenters. The third-order valence-corrected chi connectivity index (χ3v) is 7.82. The summed E-state index contributed by atoms with van der Waals surface area (Å²) in [5.41, 5.74) is 1.46. The summed E-state index contributed by atoms with van der Waals surface area (Å²) < 4.78 is 48.3. The number of benzene rings is 2. The fourth-order valence-electron chi connectivity index (χ4n) is 4.28. The molecule has 1 aliphatic heterocycles. The fourth-order valence-corrected chi connectivity index (χ4v) is 5.77. The lowest BCUT2D eigenvalue weighted by atomic mass is 9.88. The van der Waals surface area contributed by atoms with E-state index in [1.165, 1.54) is 24.3 Å². The van der Waals surface area contributed by atoms with Crippen LogP contribution < -0.4 is 0 Å². The smallest absolute Gasteiger partial charge is 0.356 e. The van der Waals surface area contributed by atoms with Gasteiger partial charge in [0.05, 0.1) is 17.0 Å². The van der Waals surface area contributed by atoms with E-state index in [0.29, 0.717) is 10.9 Å². The summed E-state index contributed by atoms with van der Waals surface area (Å²) in [5, 5.41) is 0.499. The van der Waals surface area contributed by atoms with Crippen LogP contribution in [0.5, 0.6) is 0 Å². The lowest BCUT2D eigenvalue weighted by Gasteiger charge is -2.29. The molecule has 0 bridgehead atoms. The molecule has 3 aromatic rings. The van der Waals surface area contributed by atoms with Gasteiger partial charge in [0.2, 0.25) is 0 Å². The van der Waals surface area contributed by atoms with Crippen LogP contribution in [0.4, 0.5) is 4.39 Å². The van der Waals surface area contributed by atoms with Crippen molar-refractivity contribution in [3.63, 3.8) is 0 Å². The lowest BCUT2D eigenvalue weighted by molar-refractivity contribution is 0.0518. The number of carbonyl (C=O) groups excluding carboxylic acids is 1. The predicted molar refractivity (Wildman–Crippen MR) is 121 cm³/mol. The van der Waals surface area contributed by atoms with Crippen molar-refractivity contribution in [2.24, 2.45) is 0 Å². The molecule has 0 radical (unpaired) electrons. The molecular weight excluding hydrogens is 431 g/mol. The van der Waals surface area contributed by atoms with Gasteiger partial charge in [0.1, 0.15) is 11.5 Å². The van der Waals surface area contributed by atoms with Crippen molar-refractivity contribution in [3.05, 3.63) is 65.1 Å². The Labute approximate surface area is 187 Å². The Balaban J connectivity index is 1.90. The first-order valence-electron chi connectivity index (χ1n) is 10.7. The first kappa shape index (κ1) is 22.5. The molecule has 2 aromatic carbocycles. The standard InChI is InChI=1S/C24H27FN2O4S/c1-4-31-24(28)23-14-18-13-20(17-9-11-26(3)12-10-17)21(25)15-22(18)27(23)32(29,30)19-7-5-16(2)6-8-19/h5-8,13-15,17H,4,9-12H2,1-3H3. The van der Waals surface area contributed by atoms with E-state index in [2.05, 4.69) is 4.90 Å². The summed E-state index contributed by atoms with van der Waals surface area (Å²) in [6.07, 6.45) is 1.65. The van der Waals surface area contributed by atoms with Gasteiger partial charge in [-0.1, -0.05) is 17.7 Å². The Morgan fingerprint density at radius 3 is 2.41 bits per heavy atom. The molecule has 0 amide bonds. The third kappa shape index (κ3) is 4.04. The molecule has 1 aromatic heterocycles. The van der Waals surface area contributed by atoms with Crippen LogP contribution >= 0.6 is 0 Å². The zero-order chi connectivity index (χ0) is 23.0. The highest BCUT2D eigenvalue weighted by molar-refractivity contribution is 7.90. The monoisotopic (exact) mass is 458 g/mol. The predicted octanol–water partition coefficient (Wildman–Crippen LogP) is 4.31. The second-order valence-corrected chi connectivity index (χ2v) is 10.1. The largest absolute Gasteiger partial charge is 0.461 e. The van der Waals surface area contributed by atoms with Gasteiger partial charge in [-0.3, -0.25) is 0 Å². The second kappa shape index (κ2) is 8.67. The molecule has 32 heavy (non-hydrogen) atoms. The van der Waals surface area contributed by atoms with Crippen molar-refractivity contribution in [1.82, 2.24) is 8.87 Å². The topological polar surface area (TPSA) is 68.6 Å². The highest BCUT2D eigenvalue weighted by atomic mass is 32.2. The average molecular weight is 459 g/mol. The fraction of sp³-hybridized carbons (Fsp3) is 0.375. The van der Waals surface area contributed by atoms with Gasteiger partial charge in [-0.15, -0.1) is 0 Å². The Morgan fingerprint density at radius 1 is 1.12 bits per heavy atom. The Kier molecular flexibility index (Phi) is 6.09. The number of hydrogen-bond donors (Lipinski definition) is 0. The lowest BCUT2D eigenvalue weighted by Crippen LogP contribution is -2.29. The van der Waals surface area contributed by atoms with Crippen LogP contribution in [-0.2, 0) is 14.8 Å². The quantitative estimate of drug-likeness (QED) is 0.533. The number of nitrogens with zero attached hydrogens (tertiary/aromatic N) is 2. The van der Waals surface area contributed by atoms with Gasteiger partial charge in [0.15, 0.2) is 0 Å². The molecule has 170 valence electrons. The Hall–Kier alpha value is -2.71. The van der Waals surface area contributed by atoms with E-state index >= 15 is 4.39 Å². The number of hydrogen-bond acceptors (Lipinski definition) is 5. The maximum atomic E-state index is 15.2. The van der Waals surface area contributed by atoms with Crippen LogP contribution in [0.1, 0.15) is 47.3 Å². The minimum Gasteiger partial charge on any atom is -0.461 e. The highest BCUT2D eigenvalue weighted by Gasteiger charge is 2.29. The number of likely N-dealkylation sites (tertiary alicyclic amines) is 1. The van der Waals surface area contributed by atoms with E-state index in [9.17, 15) is 13.2 Å². The molecule has 0 saturated carbocycles. The van der Waals surface area contributed by atoms with E-state index in [1.54, 1.807) is 25.1 Å². The molecule has 0 atom stereocenters. The molecule has 0 N–H and O–H groups in total. The van der Waals surface area contributed by atoms with E-state index in [-0.39, 0.29) is 28.6 Å². The number of halogens is 1. The zero-order valence-corrected chi connectivity index (χ0v) is 19.3. The maximum Gasteiger partial charge on any atom is 0.356 e. The van der Waals surface area contributed by atoms with Crippen LogP contribution in [0, 0.1) is 12.7 Å². The first-order valence-corrected chi connectivity index (χ1v) is 12.2. The van der Waals surface area contributed by atoms with Crippen LogP contribution in [-0.4, -0.2) is 50.0 Å². The Bertz CT molecular complexity index is 1260. The van der Waals surface area contributed by atoms with Gasteiger partial charge >= 0.3 is 5.97 Å². The summed E-state index contributed by atoms with van der Waals surface area (Å²) in [7, 11) is -2.11. The number of aryl methyl sites for hydroxylation is 1. The van der Waals surface area contributed by atoms with E-state index in [0.717, 1.165) is 35.5 Å². The van der Waals surface area contributed by atoms with E-state index in [4.69, 9.17) is 4.74 Å². The summed E-state index contributed by atoms with van der Waals surface area (Å²) in [5.74, 6) is -1.17. The minimum absolute atomic E-state index is 0.0194. The number of esters is 1. The molecule has 1 fully saturated rings. The molecule has 6 nitrogen and oxygen atoms in total. The van der Waals surface area contributed by atoms with Crippen molar-refractivity contribution in [3.8, 4) is 0 Å². The molecule has 1 saturated heterocycles. The van der Waals surface area contributed by atoms with Gasteiger partial charge in [-0.25, -0.2) is 21.6 Å². The maximum absolute atomic E-state index is 15.2. The van der Waals surface area contributed by atoms with Crippen LogP contribution in [0.2, 0.25) is 0 Å². The second-order valence-electron chi connectivity index (χ2n) is 8.34. The number of fused-ring (bicyclic) bond motifs is 1. The molecule has 0 aliphatic carbocycles. The average Bonchev–Trinajstić information content (AvgIpc) is 3.13. The summed E-state index contributed by atoms with van der Waals surface area (Å²) >= 11 is 0. The number of aromatic nitrogens is 1. The summed E-state index contributed by atoms with van der Waals surface area (Å²) in [4.78, 5) is 14.9. The third-order valence-electron chi connectivity index (χ3n) is 6.08. The van der Waals surface area contributed by atoms with E-state index < -0.39 is 21.8 Å².